The van der Waals surface area contributed by atoms with Gasteiger partial charge in [-0.25, -0.2) is 24.2 Å². The molecule has 1 aliphatic rings. The zero-order valence-electron chi connectivity index (χ0n) is 21.4. The third-order valence-corrected chi connectivity index (χ3v) is 5.04. The standard InChI is InChI=1S/C17H26N4O.2C4H4O4/c1-3-22-14-13-21-16-8-5-4-7-15(16)18-17(21)20-10-6-9-19(2)11-12-20;2*5-3(6)1-2-4(7)8/h4-5,7-8H,3,6,9-14H2,1-2H3;2*1-2H,(H,5,6)(H,7,8)/b;2*2-1-. The molecule has 0 spiro atoms. The molecule has 1 aromatic heterocycles. The number of likely N-dealkylation sites (N-methyl/N-ethyl adjacent to an activating group) is 1. The smallest absolute Gasteiger partial charge is 0.328 e. The Labute approximate surface area is 219 Å². The van der Waals surface area contributed by atoms with Gasteiger partial charge in [0, 0.05) is 57.1 Å². The second-order valence-electron chi connectivity index (χ2n) is 7.91. The maximum Gasteiger partial charge on any atom is 0.328 e. The molecule has 0 unspecified atom stereocenters. The van der Waals surface area contributed by atoms with Gasteiger partial charge in [-0.1, -0.05) is 12.1 Å². The Bertz CT molecular complexity index is 1060. The van der Waals surface area contributed by atoms with E-state index >= 15 is 0 Å². The number of rotatable bonds is 9. The summed E-state index contributed by atoms with van der Waals surface area (Å²) in [5.74, 6) is -3.93. The monoisotopic (exact) mass is 534 g/mol. The highest BCUT2D eigenvalue weighted by molar-refractivity contribution is 5.90. The number of fused-ring (bicyclic) bond motifs is 1. The van der Waals surface area contributed by atoms with E-state index in [9.17, 15) is 19.2 Å². The molecule has 0 saturated carbocycles. The van der Waals surface area contributed by atoms with Crippen LogP contribution in [0.3, 0.4) is 0 Å². The molecule has 4 N–H and O–H groups in total. The molecule has 1 aliphatic heterocycles. The second kappa shape index (κ2) is 17.3. The molecule has 0 bridgehead atoms. The van der Waals surface area contributed by atoms with Gasteiger partial charge in [0.25, 0.3) is 0 Å². The van der Waals surface area contributed by atoms with Crippen molar-refractivity contribution in [2.75, 3.05) is 51.3 Å². The summed E-state index contributed by atoms with van der Waals surface area (Å²) in [5, 5.41) is 31.2. The Kier molecular flexibility index (Phi) is 14.4. The molecule has 1 saturated heterocycles. The highest BCUT2D eigenvalue weighted by Crippen LogP contribution is 2.23. The van der Waals surface area contributed by atoms with Crippen molar-refractivity contribution in [3.8, 4) is 0 Å². The molecule has 3 rings (SSSR count). The molecule has 38 heavy (non-hydrogen) atoms. The average molecular weight is 535 g/mol. The number of carboxylic acids is 4. The highest BCUT2D eigenvalue weighted by Gasteiger charge is 2.19. The topological polar surface area (TPSA) is 183 Å². The van der Waals surface area contributed by atoms with E-state index in [1.165, 1.54) is 11.9 Å². The van der Waals surface area contributed by atoms with Crippen LogP contribution in [-0.4, -0.2) is 105 Å². The molecule has 2 heterocycles. The van der Waals surface area contributed by atoms with Crippen molar-refractivity contribution < 1.29 is 44.3 Å². The minimum Gasteiger partial charge on any atom is -0.478 e. The van der Waals surface area contributed by atoms with E-state index < -0.39 is 23.9 Å². The van der Waals surface area contributed by atoms with Gasteiger partial charge in [0.15, 0.2) is 0 Å². The Balaban J connectivity index is 0.000000374. The predicted octanol–water partition coefficient (Wildman–Crippen LogP) is 1.64. The fraction of sp³-hybridized carbons (Fsp3) is 0.400. The Hall–Kier alpha value is -4.23. The zero-order valence-corrected chi connectivity index (χ0v) is 21.4. The summed E-state index contributed by atoms with van der Waals surface area (Å²) < 4.78 is 7.88. The van der Waals surface area contributed by atoms with Crippen molar-refractivity contribution in [2.45, 2.75) is 19.9 Å². The van der Waals surface area contributed by atoms with Gasteiger partial charge in [0.2, 0.25) is 5.95 Å². The van der Waals surface area contributed by atoms with E-state index in [-0.39, 0.29) is 0 Å². The lowest BCUT2D eigenvalue weighted by molar-refractivity contribution is -0.134. The molecule has 13 heteroatoms. The van der Waals surface area contributed by atoms with Gasteiger partial charge in [0.05, 0.1) is 17.6 Å². The number of ether oxygens (including phenoxy) is 1. The first-order chi connectivity index (χ1) is 18.0. The van der Waals surface area contributed by atoms with Crippen molar-refractivity contribution in [1.82, 2.24) is 14.5 Å². The molecule has 0 aliphatic carbocycles. The molecular formula is C25H34N4O9. The Morgan fingerprint density at radius 1 is 0.868 bits per heavy atom. The lowest BCUT2D eigenvalue weighted by atomic mass is 10.3. The lowest BCUT2D eigenvalue weighted by Gasteiger charge is -2.23. The molecule has 208 valence electrons. The Morgan fingerprint density at radius 2 is 1.42 bits per heavy atom. The van der Waals surface area contributed by atoms with Crippen LogP contribution in [-0.2, 0) is 30.5 Å². The predicted molar refractivity (Wildman–Crippen MR) is 139 cm³/mol. The summed E-state index contributed by atoms with van der Waals surface area (Å²) >= 11 is 0. The third kappa shape index (κ3) is 12.6. The molecule has 1 aromatic carbocycles. The van der Waals surface area contributed by atoms with Crippen molar-refractivity contribution in [3.63, 3.8) is 0 Å². The number of anilines is 1. The minimum absolute atomic E-state index is 0.558. The first-order valence-corrected chi connectivity index (χ1v) is 11.8. The number of benzene rings is 1. The molecule has 13 nitrogen and oxygen atoms in total. The van der Waals surface area contributed by atoms with E-state index in [1.807, 2.05) is 6.92 Å². The maximum absolute atomic E-state index is 9.55. The van der Waals surface area contributed by atoms with Crippen LogP contribution in [0.2, 0.25) is 0 Å². The molecule has 0 amide bonds. The first-order valence-electron chi connectivity index (χ1n) is 11.8. The van der Waals surface area contributed by atoms with Gasteiger partial charge in [-0.2, -0.15) is 0 Å². The number of aromatic nitrogens is 2. The van der Waals surface area contributed by atoms with E-state index in [1.54, 1.807) is 0 Å². The summed E-state index contributed by atoms with van der Waals surface area (Å²) in [6.07, 6.45) is 3.42. The van der Waals surface area contributed by atoms with Gasteiger partial charge in [0.1, 0.15) is 0 Å². The summed E-state index contributed by atoms with van der Waals surface area (Å²) in [4.78, 5) is 47.9. The average Bonchev–Trinajstić information content (AvgIpc) is 3.08. The number of aliphatic carboxylic acids is 4. The minimum atomic E-state index is -1.26. The van der Waals surface area contributed by atoms with Crippen molar-refractivity contribution >= 4 is 40.9 Å². The van der Waals surface area contributed by atoms with E-state index in [2.05, 4.69) is 45.7 Å². The summed E-state index contributed by atoms with van der Waals surface area (Å²) in [5.41, 5.74) is 2.28. The maximum atomic E-state index is 9.55. The largest absolute Gasteiger partial charge is 0.478 e. The van der Waals surface area contributed by atoms with E-state index in [0.29, 0.717) is 24.3 Å². The van der Waals surface area contributed by atoms with Crippen LogP contribution in [0.15, 0.2) is 48.6 Å². The normalized spacial score (nSPS) is 13.9. The zero-order chi connectivity index (χ0) is 28.5. The number of para-hydroxylation sites is 2. The summed E-state index contributed by atoms with van der Waals surface area (Å²) in [6.45, 7) is 8.75. The third-order valence-electron chi connectivity index (χ3n) is 5.04. The van der Waals surface area contributed by atoms with E-state index in [0.717, 1.165) is 57.4 Å². The molecule has 2 aromatic rings. The van der Waals surface area contributed by atoms with Gasteiger partial charge < -0.3 is 39.5 Å². The molecular weight excluding hydrogens is 500 g/mol. The number of carboxylic acid groups (broad SMARTS) is 4. The van der Waals surface area contributed by atoms with Crippen LogP contribution in [0.1, 0.15) is 13.3 Å². The van der Waals surface area contributed by atoms with E-state index in [4.69, 9.17) is 30.1 Å². The SMILES string of the molecule is CCOCCn1c(N2CCCN(C)CC2)nc2ccccc21.O=C(O)/C=C\C(=O)O.O=C(O)/C=C\C(=O)O. The van der Waals surface area contributed by atoms with Crippen molar-refractivity contribution in [1.29, 1.82) is 0 Å². The summed E-state index contributed by atoms with van der Waals surface area (Å²) in [7, 11) is 2.20. The van der Waals surface area contributed by atoms with Crippen LogP contribution in [0.25, 0.3) is 11.0 Å². The Morgan fingerprint density at radius 3 is 1.95 bits per heavy atom. The molecule has 0 atom stereocenters. The fourth-order valence-electron chi connectivity index (χ4n) is 3.36. The van der Waals surface area contributed by atoms with Crippen LogP contribution in [0.5, 0.6) is 0 Å². The number of carbonyl (C=O) groups is 4. The van der Waals surface area contributed by atoms with Crippen LogP contribution < -0.4 is 4.90 Å². The number of hydrogen-bond acceptors (Lipinski definition) is 8. The van der Waals surface area contributed by atoms with Crippen LogP contribution >= 0.6 is 0 Å². The van der Waals surface area contributed by atoms with Gasteiger partial charge in [-0.05, 0) is 39.1 Å². The number of imidazole rings is 1. The first kappa shape index (κ1) is 31.8. The van der Waals surface area contributed by atoms with Crippen LogP contribution in [0.4, 0.5) is 5.95 Å². The quantitative estimate of drug-likeness (QED) is 0.270. The number of nitrogens with zero attached hydrogens (tertiary/aromatic N) is 4. The fourth-order valence-corrected chi connectivity index (χ4v) is 3.36. The lowest BCUT2D eigenvalue weighted by Crippen LogP contribution is -2.31. The highest BCUT2D eigenvalue weighted by atomic mass is 16.5. The van der Waals surface area contributed by atoms with Crippen molar-refractivity contribution in [2.24, 2.45) is 0 Å². The van der Waals surface area contributed by atoms with Gasteiger partial charge >= 0.3 is 23.9 Å². The van der Waals surface area contributed by atoms with Crippen molar-refractivity contribution in [3.05, 3.63) is 48.6 Å². The molecule has 1 fully saturated rings. The summed E-state index contributed by atoms with van der Waals surface area (Å²) in [6, 6.07) is 8.39. The second-order valence-corrected chi connectivity index (χ2v) is 7.91. The molecule has 0 radical (unpaired) electrons. The number of hydrogen-bond donors (Lipinski definition) is 4. The van der Waals surface area contributed by atoms with Gasteiger partial charge in [-0.15, -0.1) is 0 Å². The van der Waals surface area contributed by atoms with Crippen LogP contribution in [0, 0.1) is 0 Å². The van der Waals surface area contributed by atoms with Gasteiger partial charge in [-0.3, -0.25) is 0 Å².